The lowest BCUT2D eigenvalue weighted by molar-refractivity contribution is 0.0526. The van der Waals surface area contributed by atoms with Crippen LogP contribution in [0.1, 0.15) is 36.1 Å². The molecule has 0 amide bonds. The Morgan fingerprint density at radius 1 is 1.22 bits per heavy atom. The fraction of sp³-hybridized carbons (Fsp3) is 0.174. The van der Waals surface area contributed by atoms with Crippen LogP contribution in [0.25, 0.3) is 28.4 Å². The number of carbonyl (C=O) groups excluding carboxylic acids is 1. The van der Waals surface area contributed by atoms with Crippen molar-refractivity contribution in [3.05, 3.63) is 70.3 Å². The summed E-state index contributed by atoms with van der Waals surface area (Å²) in [6.07, 6.45) is 5.11. The summed E-state index contributed by atoms with van der Waals surface area (Å²) < 4.78 is 32.9. The molecule has 0 aliphatic heterocycles. The van der Waals surface area contributed by atoms with Gasteiger partial charge in [-0.1, -0.05) is 29.8 Å². The molecule has 0 fully saturated rings. The maximum absolute atomic E-state index is 13.4. The van der Waals surface area contributed by atoms with Gasteiger partial charge in [-0.25, -0.2) is 27.2 Å². The average Bonchev–Trinajstić information content (AvgIpc) is 3.39. The lowest BCUT2D eigenvalue weighted by Gasteiger charge is -2.06. The van der Waals surface area contributed by atoms with Gasteiger partial charge in [-0.2, -0.15) is 0 Å². The standard InChI is InChI=1S/C23H21N3O4S2/c1-4-30-23(27)22-25-20(14-31-22)19-13-26(32(28,29)17-8-6-5-7-9-17)21-18(19)11-16(12-24-21)10-15(2)3/h5-14H,4H2,1-3H3. The number of aromatic nitrogens is 3. The summed E-state index contributed by atoms with van der Waals surface area (Å²) in [4.78, 5) is 21.1. The van der Waals surface area contributed by atoms with Crippen molar-refractivity contribution in [2.24, 2.45) is 0 Å². The van der Waals surface area contributed by atoms with Crippen LogP contribution in [0.3, 0.4) is 0 Å². The Bertz CT molecular complexity index is 1430. The fourth-order valence-corrected chi connectivity index (χ4v) is 5.34. The monoisotopic (exact) mass is 467 g/mol. The Hall–Kier alpha value is -3.30. The van der Waals surface area contributed by atoms with E-state index in [0.717, 1.165) is 22.5 Å². The zero-order valence-electron chi connectivity index (χ0n) is 17.8. The second kappa shape index (κ2) is 8.68. The lowest BCUT2D eigenvalue weighted by atomic mass is 10.1. The predicted octanol–water partition coefficient (Wildman–Crippen LogP) is 5.00. The molecule has 0 bridgehead atoms. The topological polar surface area (TPSA) is 91.1 Å². The molecule has 3 heterocycles. The number of carbonyl (C=O) groups is 1. The van der Waals surface area contributed by atoms with Crippen molar-refractivity contribution in [2.75, 3.05) is 6.61 Å². The fourth-order valence-electron chi connectivity index (χ4n) is 3.29. The van der Waals surface area contributed by atoms with Gasteiger partial charge in [-0.15, -0.1) is 11.3 Å². The SMILES string of the molecule is CCOC(=O)c1nc(-c2cn(S(=O)(=O)c3ccccc3)c3ncc(C=C(C)C)cc23)cs1. The Morgan fingerprint density at radius 2 is 1.97 bits per heavy atom. The smallest absolute Gasteiger partial charge is 0.367 e. The van der Waals surface area contributed by atoms with E-state index >= 15 is 0 Å². The summed E-state index contributed by atoms with van der Waals surface area (Å²) in [5.41, 5.74) is 3.28. The minimum absolute atomic E-state index is 0.157. The number of rotatable bonds is 6. The molecule has 9 heteroatoms. The number of hydrogen-bond donors (Lipinski definition) is 0. The molecular formula is C23H21N3O4S2. The zero-order chi connectivity index (χ0) is 22.9. The second-order valence-corrected chi connectivity index (χ2v) is 9.95. The molecule has 7 nitrogen and oxygen atoms in total. The molecule has 3 aromatic heterocycles. The van der Waals surface area contributed by atoms with Gasteiger partial charge >= 0.3 is 5.97 Å². The van der Waals surface area contributed by atoms with Crippen molar-refractivity contribution in [1.82, 2.24) is 13.9 Å². The normalized spacial score (nSPS) is 11.5. The molecule has 0 aliphatic rings. The third kappa shape index (κ3) is 4.09. The number of pyridine rings is 1. The van der Waals surface area contributed by atoms with E-state index in [1.165, 1.54) is 10.2 Å². The molecule has 0 saturated carbocycles. The Morgan fingerprint density at radius 3 is 2.66 bits per heavy atom. The van der Waals surface area contributed by atoms with E-state index in [4.69, 9.17) is 4.74 Å². The molecule has 0 unspecified atom stereocenters. The van der Waals surface area contributed by atoms with Gasteiger partial charge in [-0.05, 0) is 44.5 Å². The number of hydrogen-bond acceptors (Lipinski definition) is 7. The van der Waals surface area contributed by atoms with Crippen LogP contribution in [-0.4, -0.2) is 34.9 Å². The van der Waals surface area contributed by atoms with Crippen molar-refractivity contribution >= 4 is 44.4 Å². The maximum Gasteiger partial charge on any atom is 0.367 e. The molecule has 4 aromatic rings. The lowest BCUT2D eigenvalue weighted by Crippen LogP contribution is -2.12. The zero-order valence-corrected chi connectivity index (χ0v) is 19.4. The molecule has 4 rings (SSSR count). The predicted molar refractivity (Wildman–Crippen MR) is 125 cm³/mol. The van der Waals surface area contributed by atoms with Gasteiger partial charge in [0.05, 0.1) is 17.2 Å². The van der Waals surface area contributed by atoms with E-state index in [1.807, 2.05) is 26.0 Å². The van der Waals surface area contributed by atoms with Crippen molar-refractivity contribution < 1.29 is 17.9 Å². The number of nitrogens with zero attached hydrogens (tertiary/aromatic N) is 3. The van der Waals surface area contributed by atoms with E-state index in [9.17, 15) is 13.2 Å². The van der Waals surface area contributed by atoms with Gasteiger partial charge in [-0.3, -0.25) is 0 Å². The highest BCUT2D eigenvalue weighted by Crippen LogP contribution is 2.33. The van der Waals surface area contributed by atoms with Crippen LogP contribution in [-0.2, 0) is 14.8 Å². The van der Waals surface area contributed by atoms with Crippen LogP contribution in [0.2, 0.25) is 0 Å². The summed E-state index contributed by atoms with van der Waals surface area (Å²) in [5.74, 6) is -0.507. The van der Waals surface area contributed by atoms with Crippen LogP contribution in [0.5, 0.6) is 0 Å². The first-order chi connectivity index (χ1) is 15.3. The van der Waals surface area contributed by atoms with Gasteiger partial charge in [0.1, 0.15) is 0 Å². The number of allylic oxidation sites excluding steroid dienone is 1. The number of esters is 1. The summed E-state index contributed by atoms with van der Waals surface area (Å²) in [7, 11) is -3.88. The molecule has 0 saturated heterocycles. The van der Waals surface area contributed by atoms with Crippen molar-refractivity contribution in [3.8, 4) is 11.3 Å². The first-order valence-corrected chi connectivity index (χ1v) is 12.2. The maximum atomic E-state index is 13.4. The third-order valence-corrected chi connectivity index (χ3v) is 7.11. The van der Waals surface area contributed by atoms with Gasteiger partial charge in [0.25, 0.3) is 10.0 Å². The third-order valence-electron chi connectivity index (χ3n) is 4.62. The number of thiazole rings is 1. The highest BCUT2D eigenvalue weighted by Gasteiger charge is 2.24. The molecule has 32 heavy (non-hydrogen) atoms. The highest BCUT2D eigenvalue weighted by molar-refractivity contribution is 7.90. The van der Waals surface area contributed by atoms with Crippen LogP contribution < -0.4 is 0 Å². The van der Waals surface area contributed by atoms with Gasteiger partial charge in [0.2, 0.25) is 5.01 Å². The summed E-state index contributed by atoms with van der Waals surface area (Å²) >= 11 is 1.15. The Labute approximate surface area is 190 Å². The molecule has 0 N–H and O–H groups in total. The number of benzene rings is 1. The van der Waals surface area contributed by atoms with Crippen LogP contribution in [0.4, 0.5) is 0 Å². The molecular weight excluding hydrogens is 446 g/mol. The van der Waals surface area contributed by atoms with Crippen molar-refractivity contribution in [3.63, 3.8) is 0 Å². The van der Waals surface area contributed by atoms with E-state index in [-0.39, 0.29) is 16.5 Å². The van der Waals surface area contributed by atoms with E-state index in [1.54, 1.807) is 48.8 Å². The van der Waals surface area contributed by atoms with E-state index < -0.39 is 16.0 Å². The van der Waals surface area contributed by atoms with Gasteiger partial charge in [0, 0.05) is 28.7 Å². The summed E-state index contributed by atoms with van der Waals surface area (Å²) in [6.45, 7) is 5.92. The molecule has 164 valence electrons. The number of ether oxygens (including phenoxy) is 1. The Kier molecular flexibility index (Phi) is 5.94. The van der Waals surface area contributed by atoms with Gasteiger partial charge < -0.3 is 4.74 Å². The van der Waals surface area contributed by atoms with E-state index in [0.29, 0.717) is 22.3 Å². The van der Waals surface area contributed by atoms with E-state index in [2.05, 4.69) is 9.97 Å². The van der Waals surface area contributed by atoms with Crippen LogP contribution in [0.15, 0.2) is 64.6 Å². The van der Waals surface area contributed by atoms with Crippen molar-refractivity contribution in [1.29, 1.82) is 0 Å². The second-order valence-electron chi connectivity index (χ2n) is 7.28. The molecule has 0 atom stereocenters. The highest BCUT2D eigenvalue weighted by atomic mass is 32.2. The molecule has 0 spiro atoms. The average molecular weight is 468 g/mol. The van der Waals surface area contributed by atoms with Crippen LogP contribution >= 0.6 is 11.3 Å². The summed E-state index contributed by atoms with van der Waals surface area (Å²) in [6, 6.07) is 10.1. The first-order valence-electron chi connectivity index (χ1n) is 9.91. The van der Waals surface area contributed by atoms with Crippen LogP contribution in [0, 0.1) is 0 Å². The first kappa shape index (κ1) is 21.9. The molecule has 0 radical (unpaired) electrons. The minimum atomic E-state index is -3.88. The molecule has 0 aliphatic carbocycles. The molecule has 1 aromatic carbocycles. The van der Waals surface area contributed by atoms with Gasteiger partial charge in [0.15, 0.2) is 5.65 Å². The van der Waals surface area contributed by atoms with Crippen molar-refractivity contribution in [2.45, 2.75) is 25.7 Å². The quantitative estimate of drug-likeness (QED) is 0.371. The minimum Gasteiger partial charge on any atom is -0.461 e. The number of fused-ring (bicyclic) bond motifs is 1. The summed E-state index contributed by atoms with van der Waals surface area (Å²) in [5, 5.41) is 2.55. The largest absolute Gasteiger partial charge is 0.461 e. The Balaban J connectivity index is 1.94.